The van der Waals surface area contributed by atoms with Crippen LogP contribution >= 0.6 is 0 Å². The maximum atomic E-state index is 3.79. The highest BCUT2D eigenvalue weighted by atomic mass is 14.3. The molecule has 29 heavy (non-hydrogen) atoms. The number of hydrogen-bond acceptors (Lipinski definition) is 0. The van der Waals surface area contributed by atoms with E-state index in [1.165, 1.54) is 141 Å². The van der Waals surface area contributed by atoms with Gasteiger partial charge in [-0.1, -0.05) is 127 Å². The molecule has 1 aliphatic rings. The van der Waals surface area contributed by atoms with Crippen LogP contribution in [0.15, 0.2) is 23.8 Å². The van der Waals surface area contributed by atoms with Gasteiger partial charge in [-0.15, -0.1) is 6.58 Å². The van der Waals surface area contributed by atoms with Crippen LogP contribution in [-0.4, -0.2) is 0 Å². The Morgan fingerprint density at radius 3 is 1.59 bits per heavy atom. The molecule has 0 aliphatic heterocycles. The van der Waals surface area contributed by atoms with Gasteiger partial charge in [-0.3, -0.25) is 0 Å². The normalized spacial score (nSPS) is 16.3. The lowest BCUT2D eigenvalue weighted by Gasteiger charge is -2.32. The quantitative estimate of drug-likeness (QED) is 0.125. The van der Waals surface area contributed by atoms with Gasteiger partial charge in [0, 0.05) is 0 Å². The highest BCUT2D eigenvalue weighted by Crippen LogP contribution is 2.40. The summed E-state index contributed by atoms with van der Waals surface area (Å²) < 4.78 is 0. The third kappa shape index (κ3) is 14.2. The smallest absolute Gasteiger partial charge is 0.0192 e. The van der Waals surface area contributed by atoms with Crippen molar-refractivity contribution < 1.29 is 0 Å². The van der Waals surface area contributed by atoms with Crippen LogP contribution in [0.5, 0.6) is 0 Å². The van der Waals surface area contributed by atoms with Gasteiger partial charge in [0.15, 0.2) is 0 Å². The molecule has 0 N–H and O–H groups in total. The summed E-state index contributed by atoms with van der Waals surface area (Å²) in [5.74, 6) is 0.906. The van der Waals surface area contributed by atoms with E-state index in [1.807, 2.05) is 11.1 Å². The van der Waals surface area contributed by atoms with E-state index in [1.54, 1.807) is 0 Å². The molecular weight excluding hydrogens is 348 g/mol. The second-order valence-electron chi connectivity index (χ2n) is 9.82. The minimum absolute atomic E-state index is 0.906. The van der Waals surface area contributed by atoms with Crippen LogP contribution in [0.1, 0.15) is 155 Å². The predicted molar refractivity (Wildman–Crippen MR) is 134 cm³/mol. The largest absolute Gasteiger partial charge is 0.103 e. The SMILES string of the molecule is C=CCCCCCCCCCCCCCCCCC1=C(CCCCCC)C(C)C1. The number of hydrogen-bond donors (Lipinski definition) is 0. The van der Waals surface area contributed by atoms with Gasteiger partial charge in [-0.25, -0.2) is 0 Å². The molecule has 0 aromatic carbocycles. The molecule has 0 aromatic heterocycles. The van der Waals surface area contributed by atoms with Crippen LogP contribution in [0.3, 0.4) is 0 Å². The zero-order chi connectivity index (χ0) is 21.0. The summed E-state index contributed by atoms with van der Waals surface area (Å²) in [6.07, 6.45) is 33.5. The lowest BCUT2D eigenvalue weighted by atomic mass is 9.74. The van der Waals surface area contributed by atoms with Crippen LogP contribution in [0, 0.1) is 5.92 Å². The maximum Gasteiger partial charge on any atom is -0.0192 e. The minimum atomic E-state index is 0.906. The van der Waals surface area contributed by atoms with Crippen molar-refractivity contribution in [3.05, 3.63) is 23.8 Å². The summed E-state index contributed by atoms with van der Waals surface area (Å²) in [6.45, 7) is 8.55. The zero-order valence-electron chi connectivity index (χ0n) is 20.4. The standard InChI is InChI=1S/C29H54/c1-4-6-8-10-11-12-13-14-15-16-17-18-19-20-21-22-24-28-26-27(3)29(28)25-23-9-7-5-2/h4,27H,1,5-26H2,2-3H3. The Kier molecular flexibility index (Phi) is 17.8. The molecule has 1 atom stereocenters. The Morgan fingerprint density at radius 2 is 1.10 bits per heavy atom. The summed E-state index contributed by atoms with van der Waals surface area (Å²) in [4.78, 5) is 0. The van der Waals surface area contributed by atoms with E-state index in [4.69, 9.17) is 0 Å². The van der Waals surface area contributed by atoms with E-state index in [9.17, 15) is 0 Å². The van der Waals surface area contributed by atoms with Crippen LogP contribution in [0.2, 0.25) is 0 Å². The Labute approximate surface area is 185 Å². The van der Waals surface area contributed by atoms with E-state index in [0.717, 1.165) is 5.92 Å². The molecule has 1 unspecified atom stereocenters. The van der Waals surface area contributed by atoms with Crippen molar-refractivity contribution in [1.29, 1.82) is 0 Å². The molecule has 0 heteroatoms. The highest BCUT2D eigenvalue weighted by molar-refractivity contribution is 5.27. The van der Waals surface area contributed by atoms with Crippen molar-refractivity contribution in [3.63, 3.8) is 0 Å². The molecule has 0 aromatic rings. The summed E-state index contributed by atoms with van der Waals surface area (Å²) in [7, 11) is 0. The predicted octanol–water partition coefficient (Wildman–Crippen LogP) is 10.7. The Balaban J connectivity index is 1.83. The fourth-order valence-electron chi connectivity index (χ4n) is 5.02. The van der Waals surface area contributed by atoms with Crippen LogP contribution in [0.4, 0.5) is 0 Å². The highest BCUT2D eigenvalue weighted by Gasteiger charge is 2.23. The van der Waals surface area contributed by atoms with Crippen molar-refractivity contribution in [1.82, 2.24) is 0 Å². The fourth-order valence-corrected chi connectivity index (χ4v) is 5.02. The van der Waals surface area contributed by atoms with Crippen molar-refractivity contribution in [3.8, 4) is 0 Å². The van der Waals surface area contributed by atoms with Gasteiger partial charge in [0.1, 0.15) is 0 Å². The van der Waals surface area contributed by atoms with Crippen molar-refractivity contribution >= 4 is 0 Å². The van der Waals surface area contributed by atoms with Crippen molar-refractivity contribution in [2.75, 3.05) is 0 Å². The van der Waals surface area contributed by atoms with Crippen molar-refractivity contribution in [2.24, 2.45) is 5.92 Å². The Morgan fingerprint density at radius 1 is 0.655 bits per heavy atom. The van der Waals surface area contributed by atoms with Gasteiger partial charge in [-0.2, -0.15) is 0 Å². The van der Waals surface area contributed by atoms with E-state index in [0.29, 0.717) is 0 Å². The number of unbranched alkanes of at least 4 members (excludes halogenated alkanes) is 17. The molecule has 0 fully saturated rings. The Hall–Kier alpha value is -0.520. The molecule has 0 spiro atoms. The molecule has 0 nitrogen and oxygen atoms in total. The number of rotatable bonds is 22. The summed E-state index contributed by atoms with van der Waals surface area (Å²) >= 11 is 0. The molecule has 0 heterocycles. The molecule has 0 bridgehead atoms. The molecular formula is C29H54. The first kappa shape index (κ1) is 26.5. The monoisotopic (exact) mass is 402 g/mol. The minimum Gasteiger partial charge on any atom is -0.103 e. The van der Waals surface area contributed by atoms with Crippen LogP contribution in [0.25, 0.3) is 0 Å². The second-order valence-corrected chi connectivity index (χ2v) is 9.82. The lowest BCUT2D eigenvalue weighted by Crippen LogP contribution is -2.15. The first-order chi connectivity index (χ1) is 14.3. The van der Waals surface area contributed by atoms with E-state index in [-0.39, 0.29) is 0 Å². The van der Waals surface area contributed by atoms with Gasteiger partial charge in [0.2, 0.25) is 0 Å². The van der Waals surface area contributed by atoms with Gasteiger partial charge >= 0.3 is 0 Å². The van der Waals surface area contributed by atoms with Crippen LogP contribution < -0.4 is 0 Å². The molecule has 1 rings (SSSR count). The number of allylic oxidation sites excluding steroid dienone is 3. The Bertz CT molecular complexity index is 402. The first-order valence-corrected chi connectivity index (χ1v) is 13.6. The average Bonchev–Trinajstić information content (AvgIpc) is 2.72. The lowest BCUT2D eigenvalue weighted by molar-refractivity contribution is 0.495. The van der Waals surface area contributed by atoms with Gasteiger partial charge < -0.3 is 0 Å². The third-order valence-electron chi connectivity index (χ3n) is 7.04. The van der Waals surface area contributed by atoms with E-state index < -0.39 is 0 Å². The summed E-state index contributed by atoms with van der Waals surface area (Å²) in [6, 6.07) is 0. The molecule has 0 saturated heterocycles. The van der Waals surface area contributed by atoms with Gasteiger partial charge in [0.25, 0.3) is 0 Å². The molecule has 0 radical (unpaired) electrons. The second kappa shape index (κ2) is 19.4. The van der Waals surface area contributed by atoms with Gasteiger partial charge in [-0.05, 0) is 50.9 Å². The molecule has 170 valence electrons. The fraction of sp³-hybridized carbons (Fsp3) is 0.862. The maximum absolute atomic E-state index is 3.79. The van der Waals surface area contributed by atoms with Crippen LogP contribution in [-0.2, 0) is 0 Å². The summed E-state index contributed by atoms with van der Waals surface area (Å²) in [5.41, 5.74) is 3.72. The summed E-state index contributed by atoms with van der Waals surface area (Å²) in [5, 5.41) is 0. The van der Waals surface area contributed by atoms with E-state index in [2.05, 4.69) is 26.5 Å². The average molecular weight is 403 g/mol. The van der Waals surface area contributed by atoms with Crippen molar-refractivity contribution in [2.45, 2.75) is 155 Å². The van der Waals surface area contributed by atoms with E-state index >= 15 is 0 Å². The van der Waals surface area contributed by atoms with Gasteiger partial charge in [0.05, 0.1) is 0 Å². The molecule has 1 aliphatic carbocycles. The molecule has 0 amide bonds. The topological polar surface area (TPSA) is 0 Å². The molecule has 0 saturated carbocycles. The zero-order valence-corrected chi connectivity index (χ0v) is 20.4. The third-order valence-corrected chi connectivity index (χ3v) is 7.04. The first-order valence-electron chi connectivity index (χ1n) is 13.6.